The highest BCUT2D eigenvalue weighted by Gasteiger charge is 2.21. The predicted octanol–water partition coefficient (Wildman–Crippen LogP) is 0.263. The molecular weight excluding hydrogens is 242 g/mol. The maximum atomic E-state index is 5.77. The van der Waals surface area contributed by atoms with Crippen LogP contribution in [0.15, 0.2) is 0 Å². The van der Waals surface area contributed by atoms with Crippen LogP contribution in [0.5, 0.6) is 0 Å². The second-order valence-corrected chi connectivity index (χ2v) is 5.70. The number of morpholine rings is 1. The van der Waals surface area contributed by atoms with Gasteiger partial charge in [0.15, 0.2) is 0 Å². The first-order valence-corrected chi connectivity index (χ1v) is 7.38. The van der Waals surface area contributed by atoms with Gasteiger partial charge < -0.3 is 19.7 Å². The quantitative estimate of drug-likeness (QED) is 0.610. The number of nitrogens with one attached hydrogen (secondary N) is 1. The van der Waals surface area contributed by atoms with Gasteiger partial charge in [0.05, 0.1) is 25.9 Å². The van der Waals surface area contributed by atoms with Crippen molar-refractivity contribution in [3.8, 4) is 0 Å². The largest absolute Gasteiger partial charge is 0.379 e. The Balaban J connectivity index is 1.97. The van der Waals surface area contributed by atoms with Crippen LogP contribution in [0.1, 0.15) is 13.8 Å². The Hall–Kier alpha value is -0.200. The van der Waals surface area contributed by atoms with E-state index in [-0.39, 0.29) is 0 Å². The van der Waals surface area contributed by atoms with Gasteiger partial charge in [0, 0.05) is 38.8 Å². The number of rotatable bonds is 9. The summed E-state index contributed by atoms with van der Waals surface area (Å²) in [6, 6.07) is 0.612. The topological polar surface area (TPSA) is 37.0 Å². The van der Waals surface area contributed by atoms with E-state index < -0.39 is 0 Å². The number of hydrogen-bond donors (Lipinski definition) is 1. The molecule has 1 aliphatic rings. The van der Waals surface area contributed by atoms with Gasteiger partial charge >= 0.3 is 0 Å². The summed E-state index contributed by atoms with van der Waals surface area (Å²) in [5, 5.41) is 3.41. The molecule has 0 aromatic carbocycles. The molecule has 1 saturated heterocycles. The summed E-state index contributed by atoms with van der Waals surface area (Å²) in [5.41, 5.74) is 0. The molecule has 5 nitrogen and oxygen atoms in total. The first-order valence-electron chi connectivity index (χ1n) is 7.38. The summed E-state index contributed by atoms with van der Waals surface area (Å²) in [4.78, 5) is 4.60. The van der Waals surface area contributed by atoms with E-state index in [1.54, 1.807) is 0 Å². The van der Waals surface area contributed by atoms with Crippen LogP contribution in [-0.4, -0.2) is 88.6 Å². The van der Waals surface area contributed by atoms with Crippen molar-refractivity contribution in [3.63, 3.8) is 0 Å². The highest BCUT2D eigenvalue weighted by Crippen LogP contribution is 2.07. The van der Waals surface area contributed by atoms with Crippen molar-refractivity contribution in [1.82, 2.24) is 15.1 Å². The third kappa shape index (κ3) is 7.84. The van der Waals surface area contributed by atoms with E-state index in [0.717, 1.165) is 52.5 Å². The fourth-order valence-electron chi connectivity index (χ4n) is 2.09. The van der Waals surface area contributed by atoms with Gasteiger partial charge in [-0.05, 0) is 27.9 Å². The second-order valence-electron chi connectivity index (χ2n) is 5.70. The van der Waals surface area contributed by atoms with Crippen LogP contribution < -0.4 is 5.32 Å². The zero-order chi connectivity index (χ0) is 14.1. The van der Waals surface area contributed by atoms with Gasteiger partial charge in [-0.3, -0.25) is 4.90 Å². The van der Waals surface area contributed by atoms with Crippen molar-refractivity contribution in [2.75, 3.05) is 66.6 Å². The summed E-state index contributed by atoms with van der Waals surface area (Å²) in [7, 11) is 4.12. The second kappa shape index (κ2) is 9.66. The highest BCUT2D eigenvalue weighted by molar-refractivity contribution is 4.75. The fourth-order valence-corrected chi connectivity index (χ4v) is 2.09. The Labute approximate surface area is 118 Å². The molecule has 0 aromatic heterocycles. The predicted molar refractivity (Wildman–Crippen MR) is 78.7 cm³/mol. The Morgan fingerprint density at radius 1 is 1.37 bits per heavy atom. The molecule has 0 spiro atoms. The summed E-state index contributed by atoms with van der Waals surface area (Å²) in [6.07, 6.45) is 0.318. The van der Waals surface area contributed by atoms with Crippen molar-refractivity contribution >= 4 is 0 Å². The lowest BCUT2D eigenvalue weighted by Crippen LogP contribution is -2.49. The maximum absolute atomic E-state index is 5.77. The van der Waals surface area contributed by atoms with Crippen molar-refractivity contribution in [1.29, 1.82) is 0 Å². The van der Waals surface area contributed by atoms with Crippen LogP contribution in [0.3, 0.4) is 0 Å². The molecule has 114 valence electrons. The fraction of sp³-hybridized carbons (Fsp3) is 1.00. The summed E-state index contributed by atoms with van der Waals surface area (Å²) >= 11 is 0. The first-order chi connectivity index (χ1) is 9.09. The van der Waals surface area contributed by atoms with E-state index in [1.807, 2.05) is 0 Å². The monoisotopic (exact) mass is 273 g/mol. The molecule has 1 unspecified atom stereocenters. The SMILES string of the molecule is CC(C)N1CCOC(CNCCOCCN(C)C)C1. The summed E-state index contributed by atoms with van der Waals surface area (Å²) in [5.74, 6) is 0. The smallest absolute Gasteiger partial charge is 0.0826 e. The Morgan fingerprint density at radius 3 is 2.84 bits per heavy atom. The zero-order valence-electron chi connectivity index (χ0n) is 13.0. The molecule has 1 rings (SSSR count). The third-order valence-corrected chi connectivity index (χ3v) is 3.38. The van der Waals surface area contributed by atoms with E-state index in [4.69, 9.17) is 9.47 Å². The van der Waals surface area contributed by atoms with Crippen LogP contribution in [-0.2, 0) is 9.47 Å². The molecule has 0 aromatic rings. The Kier molecular flexibility index (Phi) is 8.57. The minimum absolute atomic E-state index is 0.318. The number of hydrogen-bond acceptors (Lipinski definition) is 5. The summed E-state index contributed by atoms with van der Waals surface area (Å²) in [6.45, 7) is 11.8. The average molecular weight is 273 g/mol. The summed E-state index contributed by atoms with van der Waals surface area (Å²) < 4.78 is 11.3. The molecule has 1 N–H and O–H groups in total. The molecule has 0 aliphatic carbocycles. The molecular formula is C14H31N3O2. The molecule has 0 amide bonds. The highest BCUT2D eigenvalue weighted by atomic mass is 16.5. The van der Waals surface area contributed by atoms with E-state index in [0.29, 0.717) is 12.1 Å². The van der Waals surface area contributed by atoms with E-state index in [2.05, 4.69) is 43.1 Å². The van der Waals surface area contributed by atoms with Gasteiger partial charge in [-0.15, -0.1) is 0 Å². The number of nitrogens with zero attached hydrogens (tertiary/aromatic N) is 2. The normalized spacial score (nSPS) is 21.5. The van der Waals surface area contributed by atoms with Gasteiger partial charge in [-0.2, -0.15) is 0 Å². The molecule has 1 aliphatic heterocycles. The molecule has 0 radical (unpaired) electrons. The van der Waals surface area contributed by atoms with Crippen LogP contribution in [0, 0.1) is 0 Å². The molecule has 1 fully saturated rings. The molecule has 1 heterocycles. The van der Waals surface area contributed by atoms with Crippen LogP contribution in [0.25, 0.3) is 0 Å². The molecule has 0 bridgehead atoms. The lowest BCUT2D eigenvalue weighted by atomic mass is 10.2. The Bertz CT molecular complexity index is 225. The third-order valence-electron chi connectivity index (χ3n) is 3.38. The van der Waals surface area contributed by atoms with Gasteiger partial charge in [-0.25, -0.2) is 0 Å². The number of likely N-dealkylation sites (N-methyl/N-ethyl adjacent to an activating group) is 1. The lowest BCUT2D eigenvalue weighted by Gasteiger charge is -2.35. The van der Waals surface area contributed by atoms with Crippen LogP contribution >= 0.6 is 0 Å². The van der Waals surface area contributed by atoms with Gasteiger partial charge in [0.1, 0.15) is 0 Å². The minimum atomic E-state index is 0.318. The van der Waals surface area contributed by atoms with Crippen molar-refractivity contribution in [2.45, 2.75) is 26.0 Å². The van der Waals surface area contributed by atoms with Crippen molar-refractivity contribution in [2.24, 2.45) is 0 Å². The first kappa shape index (κ1) is 16.9. The maximum Gasteiger partial charge on any atom is 0.0826 e. The van der Waals surface area contributed by atoms with Gasteiger partial charge in [0.2, 0.25) is 0 Å². The van der Waals surface area contributed by atoms with E-state index in [1.165, 1.54) is 0 Å². The van der Waals surface area contributed by atoms with Crippen LogP contribution in [0.2, 0.25) is 0 Å². The van der Waals surface area contributed by atoms with E-state index >= 15 is 0 Å². The zero-order valence-corrected chi connectivity index (χ0v) is 13.0. The number of ether oxygens (including phenoxy) is 2. The minimum Gasteiger partial charge on any atom is -0.379 e. The van der Waals surface area contributed by atoms with E-state index in [9.17, 15) is 0 Å². The lowest BCUT2D eigenvalue weighted by molar-refractivity contribution is -0.0376. The molecule has 19 heavy (non-hydrogen) atoms. The average Bonchev–Trinajstić information content (AvgIpc) is 2.37. The molecule has 0 saturated carbocycles. The van der Waals surface area contributed by atoms with Gasteiger partial charge in [-0.1, -0.05) is 0 Å². The molecule has 1 atom stereocenters. The standard InChI is InChI=1S/C14H31N3O2/c1-13(2)17-7-10-19-14(12-17)11-15-5-8-18-9-6-16(3)4/h13-15H,5-12H2,1-4H3. The van der Waals surface area contributed by atoms with Crippen LogP contribution in [0.4, 0.5) is 0 Å². The van der Waals surface area contributed by atoms with Crippen molar-refractivity contribution < 1.29 is 9.47 Å². The van der Waals surface area contributed by atoms with Gasteiger partial charge in [0.25, 0.3) is 0 Å². The molecule has 5 heteroatoms. The Morgan fingerprint density at radius 2 is 2.16 bits per heavy atom. The van der Waals surface area contributed by atoms with Crippen molar-refractivity contribution in [3.05, 3.63) is 0 Å².